The molecule has 0 bridgehead atoms. The molecule has 0 unspecified atom stereocenters. The summed E-state index contributed by atoms with van der Waals surface area (Å²) in [6.45, 7) is 0. The van der Waals surface area contributed by atoms with Crippen molar-refractivity contribution < 1.29 is 8.83 Å². The number of furan rings is 2. The van der Waals surface area contributed by atoms with E-state index >= 15 is 0 Å². The summed E-state index contributed by atoms with van der Waals surface area (Å²) in [4.78, 5) is 20.7. The van der Waals surface area contributed by atoms with Crippen LogP contribution in [0.25, 0.3) is 0 Å². The first-order chi connectivity index (χ1) is 10.8. The standard InChI is InChI=1S/C14H12N6O2/c1-15-12-18-13(16-8-10-4-2-6-21-10)20-14(19-12)17-9-11-5-3-7-22-11/h2-9H,1H3,(H,15,18,19,20). The second kappa shape index (κ2) is 6.44. The van der Waals surface area contributed by atoms with Crippen molar-refractivity contribution in [3.63, 3.8) is 0 Å². The number of rotatable bonds is 5. The third-order valence-corrected chi connectivity index (χ3v) is 2.54. The van der Waals surface area contributed by atoms with Gasteiger partial charge in [-0.25, -0.2) is 9.98 Å². The minimum absolute atomic E-state index is 0.224. The van der Waals surface area contributed by atoms with Gasteiger partial charge in [-0.1, -0.05) is 0 Å². The summed E-state index contributed by atoms with van der Waals surface area (Å²) in [7, 11) is 1.70. The Bertz CT molecular complexity index is 715. The van der Waals surface area contributed by atoms with E-state index in [0.29, 0.717) is 17.5 Å². The van der Waals surface area contributed by atoms with Gasteiger partial charge in [0.25, 0.3) is 11.9 Å². The van der Waals surface area contributed by atoms with E-state index in [1.165, 1.54) is 12.4 Å². The van der Waals surface area contributed by atoms with Crippen LogP contribution >= 0.6 is 0 Å². The quantitative estimate of drug-likeness (QED) is 0.726. The average molecular weight is 296 g/mol. The lowest BCUT2D eigenvalue weighted by Crippen LogP contribution is -1.98. The second-order valence-corrected chi connectivity index (χ2v) is 4.06. The van der Waals surface area contributed by atoms with Gasteiger partial charge in [-0.2, -0.15) is 15.0 Å². The second-order valence-electron chi connectivity index (χ2n) is 4.06. The molecule has 1 N–H and O–H groups in total. The monoisotopic (exact) mass is 296 g/mol. The summed E-state index contributed by atoms with van der Waals surface area (Å²) in [5, 5.41) is 2.84. The predicted octanol–water partition coefficient (Wildman–Crippen LogP) is 2.60. The molecule has 8 nitrogen and oxygen atoms in total. The minimum Gasteiger partial charge on any atom is -0.463 e. The topological polar surface area (TPSA) is 102 Å². The van der Waals surface area contributed by atoms with Gasteiger partial charge < -0.3 is 14.2 Å². The Morgan fingerprint density at radius 3 is 1.86 bits per heavy atom. The number of aliphatic imine (C=N–C) groups is 2. The molecular formula is C14H12N6O2. The first kappa shape index (κ1) is 13.7. The fourth-order valence-corrected chi connectivity index (χ4v) is 1.55. The Labute approximate surface area is 125 Å². The summed E-state index contributed by atoms with van der Waals surface area (Å²) >= 11 is 0. The molecule has 0 saturated carbocycles. The predicted molar refractivity (Wildman–Crippen MR) is 81.3 cm³/mol. The fraction of sp³-hybridized carbons (Fsp3) is 0.0714. The number of aromatic nitrogens is 3. The van der Waals surface area contributed by atoms with Gasteiger partial charge in [0.15, 0.2) is 0 Å². The Morgan fingerprint density at radius 1 is 0.909 bits per heavy atom. The molecule has 0 aliphatic carbocycles. The molecule has 0 aromatic carbocycles. The smallest absolute Gasteiger partial charge is 0.256 e. The van der Waals surface area contributed by atoms with Crippen molar-refractivity contribution in [3.8, 4) is 0 Å². The average Bonchev–Trinajstić information content (AvgIpc) is 3.24. The lowest BCUT2D eigenvalue weighted by Gasteiger charge is -2.00. The van der Waals surface area contributed by atoms with Gasteiger partial charge in [0.1, 0.15) is 11.5 Å². The van der Waals surface area contributed by atoms with Crippen LogP contribution in [0.15, 0.2) is 55.6 Å². The molecule has 0 saturated heterocycles. The third kappa shape index (κ3) is 3.42. The van der Waals surface area contributed by atoms with Crippen LogP contribution in [0.3, 0.4) is 0 Å². The van der Waals surface area contributed by atoms with Crippen LogP contribution in [0.1, 0.15) is 11.5 Å². The summed E-state index contributed by atoms with van der Waals surface area (Å²) < 4.78 is 10.3. The highest BCUT2D eigenvalue weighted by Crippen LogP contribution is 2.14. The van der Waals surface area contributed by atoms with Gasteiger partial charge in [0.05, 0.1) is 25.0 Å². The van der Waals surface area contributed by atoms with Gasteiger partial charge >= 0.3 is 0 Å². The van der Waals surface area contributed by atoms with Gasteiger partial charge in [0.2, 0.25) is 5.95 Å². The zero-order valence-corrected chi connectivity index (χ0v) is 11.7. The van der Waals surface area contributed by atoms with Gasteiger partial charge in [0, 0.05) is 7.05 Å². The molecule has 3 aromatic heterocycles. The Kier molecular flexibility index (Phi) is 4.01. The maximum Gasteiger partial charge on any atom is 0.256 e. The third-order valence-electron chi connectivity index (χ3n) is 2.54. The van der Waals surface area contributed by atoms with E-state index in [0.717, 1.165) is 0 Å². The molecule has 0 fully saturated rings. The number of nitrogens with one attached hydrogen (secondary N) is 1. The molecule has 3 aromatic rings. The molecule has 3 rings (SSSR count). The summed E-state index contributed by atoms with van der Waals surface area (Å²) in [5.74, 6) is 2.02. The van der Waals surface area contributed by atoms with E-state index in [-0.39, 0.29) is 11.9 Å². The summed E-state index contributed by atoms with van der Waals surface area (Å²) in [6.07, 6.45) is 6.17. The fourth-order valence-electron chi connectivity index (χ4n) is 1.55. The molecule has 0 amide bonds. The maximum atomic E-state index is 5.16. The van der Waals surface area contributed by atoms with E-state index in [1.54, 1.807) is 43.8 Å². The van der Waals surface area contributed by atoms with E-state index in [2.05, 4.69) is 30.3 Å². The summed E-state index contributed by atoms with van der Waals surface area (Å²) in [6, 6.07) is 7.10. The van der Waals surface area contributed by atoms with E-state index in [4.69, 9.17) is 8.83 Å². The van der Waals surface area contributed by atoms with Crippen molar-refractivity contribution >= 4 is 30.3 Å². The SMILES string of the molecule is CNc1nc(N=Cc2ccco2)nc(N=Cc2ccco2)n1. The molecule has 0 radical (unpaired) electrons. The Hall–Kier alpha value is -3.29. The first-order valence-electron chi connectivity index (χ1n) is 6.42. The lowest BCUT2D eigenvalue weighted by atomic mass is 10.5. The normalized spacial score (nSPS) is 11.5. The molecule has 0 aliphatic rings. The van der Waals surface area contributed by atoms with Gasteiger partial charge in [-0.05, 0) is 24.3 Å². The minimum atomic E-state index is 0.224. The van der Waals surface area contributed by atoms with Gasteiger partial charge in [-0.15, -0.1) is 0 Å². The molecule has 8 heteroatoms. The van der Waals surface area contributed by atoms with Crippen molar-refractivity contribution in [3.05, 3.63) is 48.3 Å². The molecule has 3 heterocycles. The molecule has 22 heavy (non-hydrogen) atoms. The van der Waals surface area contributed by atoms with Crippen LogP contribution in [0.5, 0.6) is 0 Å². The van der Waals surface area contributed by atoms with Crippen LogP contribution in [0, 0.1) is 0 Å². The Balaban J connectivity index is 1.85. The lowest BCUT2D eigenvalue weighted by molar-refractivity contribution is 0.560. The van der Waals surface area contributed by atoms with E-state index in [9.17, 15) is 0 Å². The van der Waals surface area contributed by atoms with Crippen molar-refractivity contribution in [2.45, 2.75) is 0 Å². The molecular weight excluding hydrogens is 284 g/mol. The Morgan fingerprint density at radius 2 is 1.45 bits per heavy atom. The number of hydrogen-bond donors (Lipinski definition) is 1. The number of hydrogen-bond acceptors (Lipinski definition) is 8. The maximum absolute atomic E-state index is 5.16. The van der Waals surface area contributed by atoms with Crippen LogP contribution < -0.4 is 5.32 Å². The number of nitrogens with zero attached hydrogens (tertiary/aromatic N) is 5. The zero-order valence-electron chi connectivity index (χ0n) is 11.7. The van der Waals surface area contributed by atoms with Crippen molar-refractivity contribution in [2.24, 2.45) is 9.98 Å². The van der Waals surface area contributed by atoms with E-state index < -0.39 is 0 Å². The van der Waals surface area contributed by atoms with Crippen molar-refractivity contribution in [1.82, 2.24) is 15.0 Å². The van der Waals surface area contributed by atoms with Crippen LogP contribution in [0.4, 0.5) is 17.8 Å². The largest absolute Gasteiger partial charge is 0.463 e. The molecule has 0 spiro atoms. The number of anilines is 1. The van der Waals surface area contributed by atoms with E-state index in [1.807, 2.05) is 0 Å². The molecule has 0 aliphatic heterocycles. The van der Waals surface area contributed by atoms with Crippen LogP contribution in [-0.4, -0.2) is 34.4 Å². The molecule has 0 atom stereocenters. The highest BCUT2D eigenvalue weighted by atomic mass is 16.3. The summed E-state index contributed by atoms with van der Waals surface area (Å²) in [5.41, 5.74) is 0. The van der Waals surface area contributed by atoms with Crippen LogP contribution in [0.2, 0.25) is 0 Å². The first-order valence-corrected chi connectivity index (χ1v) is 6.42. The highest BCUT2D eigenvalue weighted by molar-refractivity contribution is 5.78. The van der Waals surface area contributed by atoms with Crippen molar-refractivity contribution in [1.29, 1.82) is 0 Å². The molecule has 110 valence electrons. The van der Waals surface area contributed by atoms with Gasteiger partial charge in [-0.3, -0.25) is 0 Å². The van der Waals surface area contributed by atoms with Crippen LogP contribution in [-0.2, 0) is 0 Å². The zero-order chi connectivity index (χ0) is 15.2. The van der Waals surface area contributed by atoms with Crippen molar-refractivity contribution in [2.75, 3.05) is 12.4 Å². The highest BCUT2D eigenvalue weighted by Gasteiger charge is 2.03.